The highest BCUT2D eigenvalue weighted by molar-refractivity contribution is 7.19. The summed E-state index contributed by atoms with van der Waals surface area (Å²) >= 11 is 7.80. The number of thiazole rings is 1. The van der Waals surface area contributed by atoms with Crippen molar-refractivity contribution < 1.29 is 0 Å². The summed E-state index contributed by atoms with van der Waals surface area (Å²) in [5.74, 6) is 0. The van der Waals surface area contributed by atoms with Crippen molar-refractivity contribution in [2.45, 2.75) is 0 Å². The minimum Gasteiger partial charge on any atom is -0.234 e. The average molecular weight is 272 g/mol. The Kier molecular flexibility index (Phi) is 3.13. The normalized spacial score (nSPS) is 10.5. The maximum Gasteiger partial charge on any atom is 0.125 e. The number of rotatable bonds is 2. The summed E-state index contributed by atoms with van der Waals surface area (Å²) in [7, 11) is 0. The molecule has 1 heterocycles. The Bertz CT molecular complexity index is 647. The second kappa shape index (κ2) is 4.92. The lowest BCUT2D eigenvalue weighted by Crippen LogP contribution is -1.79. The zero-order valence-corrected chi connectivity index (χ0v) is 11.1. The molecule has 0 atom stereocenters. The van der Waals surface area contributed by atoms with Crippen LogP contribution >= 0.6 is 22.9 Å². The van der Waals surface area contributed by atoms with Gasteiger partial charge in [-0.15, -0.1) is 11.3 Å². The molecular weight excluding hydrogens is 262 g/mol. The molecule has 0 saturated carbocycles. The van der Waals surface area contributed by atoms with E-state index in [0.29, 0.717) is 0 Å². The van der Waals surface area contributed by atoms with Crippen LogP contribution in [-0.2, 0) is 0 Å². The summed E-state index contributed by atoms with van der Waals surface area (Å²) in [6.45, 7) is 0. The molecule has 3 aromatic rings. The zero-order valence-electron chi connectivity index (χ0n) is 9.51. The topological polar surface area (TPSA) is 12.9 Å². The van der Waals surface area contributed by atoms with E-state index < -0.39 is 0 Å². The van der Waals surface area contributed by atoms with Crippen molar-refractivity contribution in [2.75, 3.05) is 0 Å². The maximum atomic E-state index is 6.29. The molecule has 0 aliphatic carbocycles. The quantitative estimate of drug-likeness (QED) is 0.630. The highest BCUT2D eigenvalue weighted by Gasteiger charge is 2.11. The standard InChI is InChI=1S/C15H10ClNS/c16-14-13(11-7-3-1-4-8-11)17-15(18-14)12-9-5-2-6-10-12/h1-10H. The first-order valence-electron chi connectivity index (χ1n) is 5.62. The van der Waals surface area contributed by atoms with Crippen molar-refractivity contribution in [2.24, 2.45) is 0 Å². The highest BCUT2D eigenvalue weighted by atomic mass is 35.5. The lowest BCUT2D eigenvalue weighted by atomic mass is 10.2. The van der Waals surface area contributed by atoms with Crippen LogP contribution in [0.4, 0.5) is 0 Å². The van der Waals surface area contributed by atoms with Gasteiger partial charge in [0.25, 0.3) is 0 Å². The van der Waals surface area contributed by atoms with Crippen LogP contribution in [-0.4, -0.2) is 4.98 Å². The monoisotopic (exact) mass is 271 g/mol. The number of aromatic nitrogens is 1. The molecule has 2 aromatic carbocycles. The van der Waals surface area contributed by atoms with Crippen LogP contribution in [0.3, 0.4) is 0 Å². The second-order valence-electron chi connectivity index (χ2n) is 3.87. The van der Waals surface area contributed by atoms with E-state index in [9.17, 15) is 0 Å². The first-order chi connectivity index (χ1) is 8.84. The predicted molar refractivity (Wildman–Crippen MR) is 78.0 cm³/mol. The largest absolute Gasteiger partial charge is 0.234 e. The fourth-order valence-corrected chi connectivity index (χ4v) is 2.97. The summed E-state index contributed by atoms with van der Waals surface area (Å²) in [6, 6.07) is 20.1. The van der Waals surface area contributed by atoms with Gasteiger partial charge in [0, 0.05) is 11.1 Å². The summed E-state index contributed by atoms with van der Waals surface area (Å²) < 4.78 is 0.736. The number of hydrogen-bond acceptors (Lipinski definition) is 2. The van der Waals surface area contributed by atoms with Gasteiger partial charge in [-0.1, -0.05) is 72.3 Å². The smallest absolute Gasteiger partial charge is 0.125 e. The van der Waals surface area contributed by atoms with Crippen LogP contribution in [0.25, 0.3) is 21.8 Å². The third-order valence-corrected chi connectivity index (χ3v) is 3.96. The van der Waals surface area contributed by atoms with Crippen molar-refractivity contribution in [3.63, 3.8) is 0 Å². The van der Waals surface area contributed by atoms with Gasteiger partial charge < -0.3 is 0 Å². The molecule has 0 bridgehead atoms. The van der Waals surface area contributed by atoms with E-state index >= 15 is 0 Å². The van der Waals surface area contributed by atoms with Crippen molar-refractivity contribution in [1.29, 1.82) is 0 Å². The number of halogens is 1. The Balaban J connectivity index is 2.07. The molecule has 0 amide bonds. The first kappa shape index (κ1) is 11.5. The van der Waals surface area contributed by atoms with Gasteiger partial charge >= 0.3 is 0 Å². The van der Waals surface area contributed by atoms with E-state index in [1.165, 1.54) is 11.3 Å². The molecule has 3 rings (SSSR count). The van der Waals surface area contributed by atoms with Gasteiger partial charge in [-0.2, -0.15) is 0 Å². The Morgan fingerprint density at radius 1 is 0.778 bits per heavy atom. The Hall–Kier alpha value is -1.64. The molecule has 88 valence electrons. The van der Waals surface area contributed by atoms with E-state index in [0.717, 1.165) is 26.2 Å². The SMILES string of the molecule is Clc1sc(-c2ccccc2)nc1-c1ccccc1. The molecule has 3 heteroatoms. The third kappa shape index (κ3) is 2.17. The highest BCUT2D eigenvalue weighted by Crippen LogP contribution is 2.36. The molecule has 0 saturated heterocycles. The number of benzene rings is 2. The fourth-order valence-electron chi connectivity index (χ4n) is 1.78. The van der Waals surface area contributed by atoms with Gasteiger partial charge in [0.05, 0.1) is 0 Å². The molecular formula is C15H10ClNS. The summed E-state index contributed by atoms with van der Waals surface area (Å²) in [5, 5.41) is 0.958. The molecule has 0 spiro atoms. The van der Waals surface area contributed by atoms with Crippen LogP contribution in [0.2, 0.25) is 4.34 Å². The summed E-state index contributed by atoms with van der Waals surface area (Å²) in [4.78, 5) is 4.64. The molecule has 0 radical (unpaired) electrons. The van der Waals surface area contributed by atoms with Gasteiger partial charge in [-0.05, 0) is 0 Å². The molecule has 1 aromatic heterocycles. The van der Waals surface area contributed by atoms with Crippen LogP contribution in [0.1, 0.15) is 0 Å². The van der Waals surface area contributed by atoms with Crippen LogP contribution in [0.5, 0.6) is 0 Å². The Labute approximate surface area is 115 Å². The van der Waals surface area contributed by atoms with E-state index in [4.69, 9.17) is 11.6 Å². The molecule has 0 unspecified atom stereocenters. The molecule has 0 N–H and O–H groups in total. The van der Waals surface area contributed by atoms with E-state index in [2.05, 4.69) is 4.98 Å². The lowest BCUT2D eigenvalue weighted by Gasteiger charge is -1.96. The first-order valence-corrected chi connectivity index (χ1v) is 6.81. The third-order valence-electron chi connectivity index (χ3n) is 2.65. The second-order valence-corrected chi connectivity index (χ2v) is 5.47. The van der Waals surface area contributed by atoms with Crippen molar-refractivity contribution >= 4 is 22.9 Å². The predicted octanol–water partition coefficient (Wildman–Crippen LogP) is 5.13. The summed E-state index contributed by atoms with van der Waals surface area (Å²) in [5.41, 5.74) is 3.02. The molecule has 1 nitrogen and oxygen atoms in total. The zero-order chi connectivity index (χ0) is 12.4. The van der Waals surface area contributed by atoms with Gasteiger partial charge in [-0.3, -0.25) is 0 Å². The Morgan fingerprint density at radius 3 is 1.94 bits per heavy atom. The number of hydrogen-bond donors (Lipinski definition) is 0. The van der Waals surface area contributed by atoms with Gasteiger partial charge in [-0.25, -0.2) is 4.98 Å². The van der Waals surface area contributed by atoms with E-state index in [1.807, 2.05) is 60.7 Å². The van der Waals surface area contributed by atoms with Gasteiger partial charge in [0.1, 0.15) is 15.0 Å². The molecule has 0 aliphatic heterocycles. The minimum atomic E-state index is 0.736. The van der Waals surface area contributed by atoms with E-state index in [-0.39, 0.29) is 0 Å². The van der Waals surface area contributed by atoms with Gasteiger partial charge in [0.2, 0.25) is 0 Å². The molecule has 18 heavy (non-hydrogen) atoms. The van der Waals surface area contributed by atoms with Gasteiger partial charge in [0.15, 0.2) is 0 Å². The lowest BCUT2D eigenvalue weighted by molar-refractivity contribution is 1.40. The average Bonchev–Trinajstić information content (AvgIpc) is 2.83. The van der Waals surface area contributed by atoms with Crippen molar-refractivity contribution in [3.05, 3.63) is 65.0 Å². The molecule has 0 aliphatic rings. The fraction of sp³-hybridized carbons (Fsp3) is 0. The molecule has 0 fully saturated rings. The van der Waals surface area contributed by atoms with Crippen LogP contribution in [0, 0.1) is 0 Å². The summed E-state index contributed by atoms with van der Waals surface area (Å²) in [6.07, 6.45) is 0. The number of nitrogens with zero attached hydrogens (tertiary/aromatic N) is 1. The minimum absolute atomic E-state index is 0.736. The maximum absolute atomic E-state index is 6.29. The van der Waals surface area contributed by atoms with Crippen molar-refractivity contribution in [3.8, 4) is 21.8 Å². The van der Waals surface area contributed by atoms with E-state index in [1.54, 1.807) is 0 Å². The Morgan fingerprint density at radius 2 is 1.33 bits per heavy atom. The van der Waals surface area contributed by atoms with Crippen LogP contribution in [0.15, 0.2) is 60.7 Å². The van der Waals surface area contributed by atoms with Crippen LogP contribution < -0.4 is 0 Å². The van der Waals surface area contributed by atoms with Crippen molar-refractivity contribution in [1.82, 2.24) is 4.98 Å².